The van der Waals surface area contributed by atoms with Crippen molar-refractivity contribution < 1.29 is 40.9 Å². The monoisotopic (exact) mass is 135 g/mol. The van der Waals surface area contributed by atoms with Gasteiger partial charge in [-0.05, 0) is 0 Å². The van der Waals surface area contributed by atoms with E-state index in [9.17, 15) is 4.79 Å². The number of hydrogen-bond donors (Lipinski definition) is 2. The average Bonchev–Trinajstić information content (AvgIpc) is 1.38. The van der Waals surface area contributed by atoms with Crippen molar-refractivity contribution in [1.82, 2.24) is 0 Å². The molecule has 0 aromatic rings. The summed E-state index contributed by atoms with van der Waals surface area (Å²) in [6.07, 6.45) is 0. The fourth-order valence-corrected chi connectivity index (χ4v) is 0. The molecule has 40 valence electrons. The standard InChI is InChI=1S/C2H5NO2.ClH.Na.H/c3-1-2(4)5;;;/h1,3H2,(H,4,5);1H;;/q;;+1;-1. The molecule has 5 heteroatoms. The predicted octanol–water partition coefficient (Wildman–Crippen LogP) is -3.43. The Labute approximate surface area is 71.5 Å². The number of rotatable bonds is 1. The minimum absolute atomic E-state index is 0. The van der Waals surface area contributed by atoms with Gasteiger partial charge in [0.2, 0.25) is 0 Å². The first kappa shape index (κ1) is 15.6. The van der Waals surface area contributed by atoms with E-state index in [4.69, 9.17) is 5.11 Å². The van der Waals surface area contributed by atoms with Crippen LogP contribution in [0.5, 0.6) is 0 Å². The van der Waals surface area contributed by atoms with Gasteiger partial charge in [0.15, 0.2) is 0 Å². The van der Waals surface area contributed by atoms with Crippen molar-refractivity contribution in [3.8, 4) is 0 Å². The Balaban J connectivity index is -0.0000000267. The van der Waals surface area contributed by atoms with Gasteiger partial charge in [-0.15, -0.1) is 12.4 Å². The Bertz CT molecular complexity index is 55.3. The molecule has 0 fully saturated rings. The van der Waals surface area contributed by atoms with E-state index in [0.29, 0.717) is 0 Å². The fourth-order valence-electron chi connectivity index (χ4n) is 0. The van der Waals surface area contributed by atoms with E-state index in [-0.39, 0.29) is 49.9 Å². The van der Waals surface area contributed by atoms with Crippen LogP contribution in [0.25, 0.3) is 0 Å². The van der Waals surface area contributed by atoms with Gasteiger partial charge in [0.1, 0.15) is 0 Å². The topological polar surface area (TPSA) is 63.3 Å². The number of halogens is 1. The van der Waals surface area contributed by atoms with E-state index < -0.39 is 5.97 Å². The van der Waals surface area contributed by atoms with E-state index in [0.717, 1.165) is 0 Å². The van der Waals surface area contributed by atoms with Crippen molar-refractivity contribution >= 4 is 18.4 Å². The average molecular weight is 136 g/mol. The summed E-state index contributed by atoms with van der Waals surface area (Å²) in [6, 6.07) is 0. The summed E-state index contributed by atoms with van der Waals surface area (Å²) in [5, 5.41) is 7.60. The fraction of sp³-hybridized carbons (Fsp3) is 0.500. The summed E-state index contributed by atoms with van der Waals surface area (Å²) in [5.41, 5.74) is 4.57. The van der Waals surface area contributed by atoms with E-state index in [2.05, 4.69) is 5.73 Å². The van der Waals surface area contributed by atoms with Crippen LogP contribution in [0.15, 0.2) is 0 Å². The maximum atomic E-state index is 9.24. The molecule has 0 aromatic carbocycles. The summed E-state index contributed by atoms with van der Waals surface area (Å²) in [7, 11) is 0. The molecule has 0 rings (SSSR count). The molecule has 0 spiro atoms. The normalized spacial score (nSPS) is 5.29. The van der Waals surface area contributed by atoms with Gasteiger partial charge in [-0.25, -0.2) is 0 Å². The first-order valence-corrected chi connectivity index (χ1v) is 1.19. The molecule has 0 aliphatic carbocycles. The molecule has 7 heavy (non-hydrogen) atoms. The third kappa shape index (κ3) is 20.2. The molecule has 0 radical (unpaired) electrons. The third-order valence-electron chi connectivity index (χ3n) is 0.175. The first-order chi connectivity index (χ1) is 2.27. The molecule has 0 aromatic heterocycles. The first-order valence-electron chi connectivity index (χ1n) is 1.19. The van der Waals surface area contributed by atoms with Crippen LogP contribution in [0.1, 0.15) is 1.43 Å². The number of aliphatic carboxylic acids is 1. The summed E-state index contributed by atoms with van der Waals surface area (Å²) in [6.45, 7) is -0.278. The number of carboxylic acid groups (broad SMARTS) is 1. The zero-order valence-electron chi connectivity index (χ0n) is 5.05. The van der Waals surface area contributed by atoms with Crippen LogP contribution in [-0.4, -0.2) is 17.6 Å². The molecule has 0 saturated carbocycles. The van der Waals surface area contributed by atoms with E-state index in [1.54, 1.807) is 0 Å². The maximum Gasteiger partial charge on any atom is 1.00 e. The summed E-state index contributed by atoms with van der Waals surface area (Å²) in [4.78, 5) is 9.24. The minimum atomic E-state index is -0.968. The van der Waals surface area contributed by atoms with Gasteiger partial charge in [-0.1, -0.05) is 0 Å². The summed E-state index contributed by atoms with van der Waals surface area (Å²) in [5.74, 6) is -0.968. The number of nitrogens with two attached hydrogens (primary N) is 1. The second-order valence-corrected chi connectivity index (χ2v) is 0.598. The Kier molecular flexibility index (Phi) is 22.1. The molecule has 3 N–H and O–H groups in total. The predicted molar refractivity (Wildman–Crippen MR) is 25.1 cm³/mol. The van der Waals surface area contributed by atoms with Crippen LogP contribution in [-0.2, 0) is 4.79 Å². The van der Waals surface area contributed by atoms with Crippen molar-refractivity contribution in [3.63, 3.8) is 0 Å². The quantitative estimate of drug-likeness (QED) is 0.368. The van der Waals surface area contributed by atoms with Crippen LogP contribution >= 0.6 is 12.4 Å². The van der Waals surface area contributed by atoms with Crippen LogP contribution < -0.4 is 35.3 Å². The molecule has 3 nitrogen and oxygen atoms in total. The number of hydrogen-bond acceptors (Lipinski definition) is 2. The van der Waals surface area contributed by atoms with Crippen molar-refractivity contribution in [1.29, 1.82) is 0 Å². The molecular weight excluding hydrogens is 128 g/mol. The SMILES string of the molecule is Cl.NCC(=O)O.[H-].[Na+]. The van der Waals surface area contributed by atoms with Crippen LogP contribution in [0.2, 0.25) is 0 Å². The summed E-state index contributed by atoms with van der Waals surface area (Å²) < 4.78 is 0. The van der Waals surface area contributed by atoms with Gasteiger partial charge < -0.3 is 12.3 Å². The van der Waals surface area contributed by atoms with Gasteiger partial charge in [0.25, 0.3) is 0 Å². The second kappa shape index (κ2) is 9.87. The molecule has 0 heterocycles. The molecule has 0 aliphatic rings. The van der Waals surface area contributed by atoms with Gasteiger partial charge >= 0.3 is 35.5 Å². The Hall–Kier alpha value is 0.720. The van der Waals surface area contributed by atoms with Gasteiger partial charge in [0.05, 0.1) is 6.54 Å². The number of carboxylic acids is 1. The number of carbonyl (C=O) groups is 1. The minimum Gasteiger partial charge on any atom is -1.00 e. The Morgan fingerprint density at radius 2 is 2.00 bits per heavy atom. The zero-order valence-corrected chi connectivity index (χ0v) is 6.86. The van der Waals surface area contributed by atoms with Gasteiger partial charge in [-0.2, -0.15) is 0 Å². The molecule has 0 saturated heterocycles. The Morgan fingerprint density at radius 1 is 1.86 bits per heavy atom. The zero-order chi connectivity index (χ0) is 4.28. The summed E-state index contributed by atoms with van der Waals surface area (Å²) >= 11 is 0. The second-order valence-electron chi connectivity index (χ2n) is 0.598. The van der Waals surface area contributed by atoms with Crippen LogP contribution in [0, 0.1) is 0 Å². The van der Waals surface area contributed by atoms with Gasteiger partial charge in [-0.3, -0.25) is 4.79 Å². The van der Waals surface area contributed by atoms with Gasteiger partial charge in [0, 0.05) is 0 Å². The van der Waals surface area contributed by atoms with Crippen molar-refractivity contribution in [2.75, 3.05) is 6.54 Å². The largest absolute Gasteiger partial charge is 1.00 e. The molecule has 0 amide bonds. The maximum absolute atomic E-state index is 9.24. The molecule has 0 atom stereocenters. The van der Waals surface area contributed by atoms with Crippen LogP contribution in [0.3, 0.4) is 0 Å². The smallest absolute Gasteiger partial charge is 1.00 e. The van der Waals surface area contributed by atoms with E-state index in [1.807, 2.05) is 0 Å². The molecular formula is C2H7ClNNaO2. The Morgan fingerprint density at radius 3 is 2.00 bits per heavy atom. The van der Waals surface area contributed by atoms with Crippen molar-refractivity contribution in [2.45, 2.75) is 0 Å². The van der Waals surface area contributed by atoms with E-state index in [1.165, 1.54) is 0 Å². The molecule has 0 unspecified atom stereocenters. The van der Waals surface area contributed by atoms with Crippen molar-refractivity contribution in [2.24, 2.45) is 5.73 Å². The molecule has 0 bridgehead atoms. The van der Waals surface area contributed by atoms with Crippen molar-refractivity contribution in [3.05, 3.63) is 0 Å². The van der Waals surface area contributed by atoms with E-state index >= 15 is 0 Å². The van der Waals surface area contributed by atoms with Crippen LogP contribution in [0.4, 0.5) is 0 Å². The third-order valence-corrected chi connectivity index (χ3v) is 0.175. The molecule has 0 aliphatic heterocycles.